The van der Waals surface area contributed by atoms with Crippen LogP contribution in [0.3, 0.4) is 0 Å². The molecule has 1 heterocycles. The zero-order valence-corrected chi connectivity index (χ0v) is 11.2. The molecule has 0 unspecified atom stereocenters. The maximum Gasteiger partial charge on any atom is 0.329 e. The van der Waals surface area contributed by atoms with Gasteiger partial charge in [0.1, 0.15) is 5.15 Å². The van der Waals surface area contributed by atoms with Gasteiger partial charge in [-0.1, -0.05) is 11.6 Å². The van der Waals surface area contributed by atoms with Gasteiger partial charge in [-0.3, -0.25) is 14.3 Å². The lowest BCUT2D eigenvalue weighted by atomic mass is 9.95. The molecule has 0 aromatic carbocycles. The second kappa shape index (κ2) is 5.31. The number of nitrogens with one attached hydrogen (secondary N) is 1. The van der Waals surface area contributed by atoms with Crippen molar-refractivity contribution in [1.29, 1.82) is 0 Å². The molecule has 1 saturated carbocycles. The molecule has 0 spiro atoms. The minimum Gasteiger partial charge on any atom is -0.298 e. The molecule has 0 saturated heterocycles. The topological polar surface area (TPSA) is 54.9 Å². The van der Waals surface area contributed by atoms with Crippen LogP contribution in [0.15, 0.2) is 15.7 Å². The summed E-state index contributed by atoms with van der Waals surface area (Å²) in [7, 11) is 0. The molecule has 6 heteroatoms. The van der Waals surface area contributed by atoms with Gasteiger partial charge < -0.3 is 0 Å². The Labute approximate surface area is 108 Å². The van der Waals surface area contributed by atoms with E-state index in [0.717, 1.165) is 25.7 Å². The summed E-state index contributed by atoms with van der Waals surface area (Å²) in [6.07, 6.45) is 5.99. The minimum atomic E-state index is -0.393. The Kier molecular flexibility index (Phi) is 3.99. The number of aromatic amines is 1. The molecular formula is C11H15ClN2O2S. The highest BCUT2D eigenvalue weighted by atomic mass is 35.5. The summed E-state index contributed by atoms with van der Waals surface area (Å²) in [6.45, 7) is 0. The van der Waals surface area contributed by atoms with Gasteiger partial charge in [0.15, 0.2) is 0 Å². The molecule has 0 radical (unpaired) electrons. The molecular weight excluding hydrogens is 260 g/mol. The lowest BCUT2D eigenvalue weighted by Gasteiger charge is -2.27. The van der Waals surface area contributed by atoms with Gasteiger partial charge in [-0.15, -0.1) is 0 Å². The van der Waals surface area contributed by atoms with Gasteiger partial charge in [0.25, 0.3) is 5.56 Å². The third-order valence-electron chi connectivity index (χ3n) is 3.27. The van der Waals surface area contributed by atoms with Gasteiger partial charge in [-0.05, 0) is 31.9 Å². The molecule has 1 fully saturated rings. The van der Waals surface area contributed by atoms with E-state index in [9.17, 15) is 9.59 Å². The Hall–Kier alpha value is -0.680. The van der Waals surface area contributed by atoms with Crippen molar-refractivity contribution in [3.8, 4) is 0 Å². The third-order valence-corrected chi connectivity index (χ3v) is 4.62. The summed E-state index contributed by atoms with van der Waals surface area (Å²) in [4.78, 5) is 26.0. The van der Waals surface area contributed by atoms with Crippen LogP contribution in [0.5, 0.6) is 0 Å². The molecule has 0 atom stereocenters. The van der Waals surface area contributed by atoms with Crippen LogP contribution in [0, 0.1) is 0 Å². The second-order valence-electron chi connectivity index (χ2n) is 4.30. The van der Waals surface area contributed by atoms with Crippen LogP contribution in [0.4, 0.5) is 0 Å². The molecule has 94 valence electrons. The first-order valence-electron chi connectivity index (χ1n) is 5.66. The van der Waals surface area contributed by atoms with Crippen molar-refractivity contribution < 1.29 is 0 Å². The molecule has 1 aliphatic rings. The van der Waals surface area contributed by atoms with E-state index in [-0.39, 0.29) is 16.8 Å². The highest BCUT2D eigenvalue weighted by Gasteiger charge is 2.23. The Morgan fingerprint density at radius 1 is 1.35 bits per heavy atom. The van der Waals surface area contributed by atoms with E-state index >= 15 is 0 Å². The van der Waals surface area contributed by atoms with E-state index in [4.69, 9.17) is 11.6 Å². The Morgan fingerprint density at radius 2 is 2.00 bits per heavy atom. The van der Waals surface area contributed by atoms with Crippen molar-refractivity contribution in [2.24, 2.45) is 0 Å². The van der Waals surface area contributed by atoms with Crippen LogP contribution in [-0.4, -0.2) is 21.1 Å². The minimum absolute atomic E-state index is 0.0203. The van der Waals surface area contributed by atoms with Crippen molar-refractivity contribution in [1.82, 2.24) is 9.55 Å². The number of aromatic nitrogens is 2. The molecule has 1 N–H and O–H groups in total. The summed E-state index contributed by atoms with van der Waals surface area (Å²) in [6, 6.07) is 1.29. The molecule has 1 aromatic heterocycles. The van der Waals surface area contributed by atoms with Crippen LogP contribution < -0.4 is 11.2 Å². The maximum absolute atomic E-state index is 11.8. The standard InChI is InChI=1S/C11H15ClN2O2S/c1-17-8-4-2-7(3-5-8)14-10(15)6-9(12)13-11(14)16/h6-8H,2-5H2,1H3,(H,13,16). The monoisotopic (exact) mass is 274 g/mol. The van der Waals surface area contributed by atoms with Crippen LogP contribution in [-0.2, 0) is 0 Å². The molecule has 0 aliphatic heterocycles. The largest absolute Gasteiger partial charge is 0.329 e. The van der Waals surface area contributed by atoms with Crippen LogP contribution in [0.1, 0.15) is 31.7 Å². The number of hydrogen-bond donors (Lipinski definition) is 1. The summed E-state index contributed by atoms with van der Waals surface area (Å²) < 4.78 is 1.31. The molecule has 1 aromatic rings. The predicted octanol–water partition coefficient (Wildman–Crippen LogP) is 2.04. The highest BCUT2D eigenvalue weighted by Crippen LogP contribution is 2.32. The lowest BCUT2D eigenvalue weighted by molar-refractivity contribution is 0.342. The van der Waals surface area contributed by atoms with E-state index in [1.165, 1.54) is 10.6 Å². The molecule has 4 nitrogen and oxygen atoms in total. The Bertz CT molecular complexity index is 472. The zero-order valence-electron chi connectivity index (χ0n) is 9.61. The zero-order chi connectivity index (χ0) is 12.4. The molecule has 0 bridgehead atoms. The van der Waals surface area contributed by atoms with Gasteiger partial charge in [-0.2, -0.15) is 11.8 Å². The van der Waals surface area contributed by atoms with Crippen molar-refractivity contribution in [3.63, 3.8) is 0 Å². The van der Waals surface area contributed by atoms with Crippen molar-refractivity contribution >= 4 is 23.4 Å². The fourth-order valence-electron chi connectivity index (χ4n) is 2.36. The maximum atomic E-state index is 11.8. The predicted molar refractivity (Wildman–Crippen MR) is 71.1 cm³/mol. The van der Waals surface area contributed by atoms with Gasteiger partial charge in [0.2, 0.25) is 0 Å². The van der Waals surface area contributed by atoms with Crippen molar-refractivity contribution in [2.45, 2.75) is 37.0 Å². The van der Waals surface area contributed by atoms with E-state index < -0.39 is 5.69 Å². The number of thioether (sulfide) groups is 1. The second-order valence-corrected chi connectivity index (χ2v) is 5.84. The van der Waals surface area contributed by atoms with Crippen molar-refractivity contribution in [3.05, 3.63) is 32.1 Å². The molecule has 0 amide bonds. The van der Waals surface area contributed by atoms with Gasteiger partial charge in [0.05, 0.1) is 0 Å². The third kappa shape index (κ3) is 2.77. The van der Waals surface area contributed by atoms with E-state index in [1.807, 2.05) is 11.8 Å². The number of nitrogens with zero attached hydrogens (tertiary/aromatic N) is 1. The summed E-state index contributed by atoms with van der Waals surface area (Å²) >= 11 is 7.49. The average molecular weight is 275 g/mol. The van der Waals surface area contributed by atoms with Crippen LogP contribution >= 0.6 is 23.4 Å². The van der Waals surface area contributed by atoms with Gasteiger partial charge in [0, 0.05) is 17.4 Å². The fraction of sp³-hybridized carbons (Fsp3) is 0.636. The fourth-order valence-corrected chi connectivity index (χ4v) is 3.28. The first-order valence-corrected chi connectivity index (χ1v) is 7.32. The number of halogens is 1. The molecule has 2 rings (SSSR count). The highest BCUT2D eigenvalue weighted by molar-refractivity contribution is 7.99. The normalized spacial score (nSPS) is 24.8. The van der Waals surface area contributed by atoms with Crippen molar-refractivity contribution in [2.75, 3.05) is 6.26 Å². The smallest absolute Gasteiger partial charge is 0.298 e. The number of H-pyrrole nitrogens is 1. The Morgan fingerprint density at radius 3 is 2.53 bits per heavy atom. The first kappa shape index (κ1) is 12.8. The van der Waals surface area contributed by atoms with Gasteiger partial charge in [-0.25, -0.2) is 4.79 Å². The molecule has 17 heavy (non-hydrogen) atoms. The summed E-state index contributed by atoms with van der Waals surface area (Å²) in [5.74, 6) is 0. The SMILES string of the molecule is CSC1CCC(n2c(=O)cc(Cl)[nH]c2=O)CC1. The number of rotatable bonds is 2. The summed E-state index contributed by atoms with van der Waals surface area (Å²) in [5.41, 5.74) is -0.693. The van der Waals surface area contributed by atoms with E-state index in [1.54, 1.807) is 0 Å². The average Bonchev–Trinajstić information content (AvgIpc) is 2.28. The molecule has 1 aliphatic carbocycles. The first-order chi connectivity index (χ1) is 8.11. The van der Waals surface area contributed by atoms with E-state index in [0.29, 0.717) is 5.25 Å². The van der Waals surface area contributed by atoms with Crippen LogP contribution in [0.2, 0.25) is 5.15 Å². The lowest BCUT2D eigenvalue weighted by Crippen LogP contribution is -2.39. The summed E-state index contributed by atoms with van der Waals surface area (Å²) in [5, 5.41) is 0.766. The van der Waals surface area contributed by atoms with Crippen LogP contribution in [0.25, 0.3) is 0 Å². The number of hydrogen-bond acceptors (Lipinski definition) is 3. The Balaban J connectivity index is 2.25. The quantitative estimate of drug-likeness (QED) is 0.840. The van der Waals surface area contributed by atoms with E-state index in [2.05, 4.69) is 11.2 Å². The van der Waals surface area contributed by atoms with Gasteiger partial charge >= 0.3 is 5.69 Å².